The standard InChI is InChI=1S/C18H24N6O2.C2HF3O2/c1-22-11-14(8-20-22)18(26)19-9-15-7-17(25)24-6-2-5-23(10-13-3-4-13)12-16(24)21-15;3-2(4,5)1(6)7/h7-8,11,13H,2-6,9-10,12H2,1H3,(H,19,26);(H,6,7). The van der Waals surface area contributed by atoms with Crippen LogP contribution >= 0.6 is 0 Å². The molecule has 2 aliphatic rings. The summed E-state index contributed by atoms with van der Waals surface area (Å²) in [7, 11) is 1.76. The number of halogens is 3. The summed E-state index contributed by atoms with van der Waals surface area (Å²) in [5.74, 6) is -1.35. The van der Waals surface area contributed by atoms with Crippen LogP contribution in [0.4, 0.5) is 13.2 Å². The van der Waals surface area contributed by atoms with Crippen LogP contribution in [0.3, 0.4) is 0 Å². The maximum Gasteiger partial charge on any atom is 0.490 e. The van der Waals surface area contributed by atoms with Crippen LogP contribution in [0.2, 0.25) is 0 Å². The number of aryl methyl sites for hydroxylation is 1. The average Bonchev–Trinajstić information content (AvgIpc) is 3.48. The summed E-state index contributed by atoms with van der Waals surface area (Å²) in [6, 6.07) is 1.53. The van der Waals surface area contributed by atoms with Crippen molar-refractivity contribution in [2.24, 2.45) is 13.0 Å². The average molecular weight is 470 g/mol. The van der Waals surface area contributed by atoms with E-state index < -0.39 is 12.1 Å². The number of fused-ring (bicyclic) bond motifs is 1. The number of alkyl halides is 3. The van der Waals surface area contributed by atoms with Gasteiger partial charge in [0.15, 0.2) is 0 Å². The lowest BCUT2D eigenvalue weighted by atomic mass is 10.3. The number of carbonyl (C=O) groups excluding carboxylic acids is 1. The largest absolute Gasteiger partial charge is 0.490 e. The van der Waals surface area contributed by atoms with Gasteiger partial charge in [-0.25, -0.2) is 9.78 Å². The fourth-order valence-corrected chi connectivity index (χ4v) is 3.42. The van der Waals surface area contributed by atoms with Gasteiger partial charge in [-0.05, 0) is 25.2 Å². The van der Waals surface area contributed by atoms with Gasteiger partial charge in [0, 0.05) is 38.9 Å². The van der Waals surface area contributed by atoms with Crippen molar-refractivity contribution in [2.45, 2.75) is 45.1 Å². The zero-order valence-electron chi connectivity index (χ0n) is 18.0. The van der Waals surface area contributed by atoms with Crippen molar-refractivity contribution in [3.05, 3.63) is 45.9 Å². The van der Waals surface area contributed by atoms with Gasteiger partial charge in [-0.1, -0.05) is 0 Å². The zero-order valence-corrected chi connectivity index (χ0v) is 18.0. The van der Waals surface area contributed by atoms with Gasteiger partial charge in [0.2, 0.25) is 0 Å². The van der Waals surface area contributed by atoms with Gasteiger partial charge in [0.25, 0.3) is 11.5 Å². The Balaban J connectivity index is 0.000000383. The molecule has 33 heavy (non-hydrogen) atoms. The molecule has 2 N–H and O–H groups in total. The van der Waals surface area contributed by atoms with Crippen LogP contribution < -0.4 is 10.9 Å². The molecule has 2 aromatic heterocycles. The Hall–Kier alpha value is -3.22. The molecule has 0 bridgehead atoms. The predicted octanol–water partition coefficient (Wildman–Crippen LogP) is 1.16. The lowest BCUT2D eigenvalue weighted by molar-refractivity contribution is -0.192. The molecule has 3 heterocycles. The van der Waals surface area contributed by atoms with Crippen LogP contribution in [0.1, 0.15) is 41.1 Å². The molecule has 4 rings (SSSR count). The molecule has 0 spiro atoms. The molecule has 1 fully saturated rings. The molecule has 0 unspecified atom stereocenters. The van der Waals surface area contributed by atoms with Crippen molar-refractivity contribution in [3.8, 4) is 0 Å². The SMILES string of the molecule is Cn1cc(C(=O)NCc2cc(=O)n3c(n2)CN(CC2CC2)CCC3)cn1.O=C(O)C(F)(F)F. The number of rotatable bonds is 5. The second kappa shape index (κ2) is 10.1. The first-order valence-electron chi connectivity index (χ1n) is 10.4. The van der Waals surface area contributed by atoms with Crippen molar-refractivity contribution < 1.29 is 27.9 Å². The van der Waals surface area contributed by atoms with E-state index in [1.165, 1.54) is 25.1 Å². The van der Waals surface area contributed by atoms with Gasteiger partial charge in [-0.2, -0.15) is 18.3 Å². The molecule has 0 saturated heterocycles. The minimum atomic E-state index is -5.08. The van der Waals surface area contributed by atoms with E-state index in [1.54, 1.807) is 22.5 Å². The predicted molar refractivity (Wildman–Crippen MR) is 109 cm³/mol. The summed E-state index contributed by atoms with van der Waals surface area (Å²) in [4.78, 5) is 40.6. The Morgan fingerprint density at radius 3 is 2.55 bits per heavy atom. The van der Waals surface area contributed by atoms with Gasteiger partial charge < -0.3 is 10.4 Å². The normalized spacial score (nSPS) is 16.2. The maximum absolute atomic E-state index is 12.5. The van der Waals surface area contributed by atoms with E-state index >= 15 is 0 Å². The molecule has 13 heteroatoms. The van der Waals surface area contributed by atoms with E-state index in [4.69, 9.17) is 9.90 Å². The van der Waals surface area contributed by atoms with Gasteiger partial charge in [-0.15, -0.1) is 0 Å². The third-order valence-corrected chi connectivity index (χ3v) is 5.21. The highest BCUT2D eigenvalue weighted by Crippen LogP contribution is 2.30. The first-order chi connectivity index (χ1) is 15.5. The third-order valence-electron chi connectivity index (χ3n) is 5.21. The number of aliphatic carboxylic acids is 1. The second-order valence-corrected chi connectivity index (χ2v) is 8.07. The van der Waals surface area contributed by atoms with Gasteiger partial charge in [0.05, 0.1) is 30.5 Å². The Morgan fingerprint density at radius 2 is 1.97 bits per heavy atom. The van der Waals surface area contributed by atoms with Crippen LogP contribution in [0.25, 0.3) is 0 Å². The molecule has 0 radical (unpaired) electrons. The molecule has 1 aliphatic heterocycles. The highest BCUT2D eigenvalue weighted by molar-refractivity contribution is 5.93. The first kappa shape index (κ1) is 24.4. The number of aromatic nitrogens is 4. The summed E-state index contributed by atoms with van der Waals surface area (Å²) in [6.07, 6.45) is 1.70. The topological polar surface area (TPSA) is 122 Å². The maximum atomic E-state index is 12.5. The number of amides is 1. The van der Waals surface area contributed by atoms with Crippen molar-refractivity contribution in [3.63, 3.8) is 0 Å². The van der Waals surface area contributed by atoms with Crippen molar-refractivity contribution in [2.75, 3.05) is 13.1 Å². The molecule has 0 aromatic carbocycles. The minimum absolute atomic E-state index is 0.0334. The van der Waals surface area contributed by atoms with Crippen LogP contribution in [-0.4, -0.2) is 60.5 Å². The van der Waals surface area contributed by atoms with Gasteiger partial charge in [-0.3, -0.25) is 23.7 Å². The van der Waals surface area contributed by atoms with E-state index in [-0.39, 0.29) is 18.0 Å². The number of carbonyl (C=O) groups is 2. The fraction of sp³-hybridized carbons (Fsp3) is 0.550. The molecular formula is C20H25F3N6O4. The highest BCUT2D eigenvalue weighted by atomic mass is 19.4. The van der Waals surface area contributed by atoms with Gasteiger partial charge >= 0.3 is 12.1 Å². The van der Waals surface area contributed by atoms with E-state index in [1.807, 2.05) is 0 Å². The van der Waals surface area contributed by atoms with E-state index in [2.05, 4.69) is 20.3 Å². The molecule has 1 aliphatic carbocycles. The summed E-state index contributed by atoms with van der Waals surface area (Å²) in [5.41, 5.74) is 1.07. The Morgan fingerprint density at radius 1 is 1.27 bits per heavy atom. The van der Waals surface area contributed by atoms with E-state index in [0.717, 1.165) is 31.3 Å². The molecular weight excluding hydrogens is 445 g/mol. The number of carboxylic acids is 1. The number of hydrogen-bond donors (Lipinski definition) is 2. The summed E-state index contributed by atoms with van der Waals surface area (Å²) < 4.78 is 35.1. The van der Waals surface area contributed by atoms with Gasteiger partial charge in [0.1, 0.15) is 5.82 Å². The Kier molecular flexibility index (Phi) is 7.51. The molecule has 1 saturated carbocycles. The number of nitrogens with one attached hydrogen (secondary N) is 1. The molecule has 0 atom stereocenters. The van der Waals surface area contributed by atoms with Crippen LogP contribution in [0, 0.1) is 5.92 Å². The lowest BCUT2D eigenvalue weighted by Crippen LogP contribution is -2.30. The highest BCUT2D eigenvalue weighted by Gasteiger charge is 2.38. The number of nitrogens with zero attached hydrogens (tertiary/aromatic N) is 5. The monoisotopic (exact) mass is 470 g/mol. The number of carboxylic acid groups (broad SMARTS) is 1. The summed E-state index contributed by atoms with van der Waals surface area (Å²) in [6.45, 7) is 3.75. The number of hydrogen-bond acceptors (Lipinski definition) is 6. The smallest absolute Gasteiger partial charge is 0.475 e. The molecule has 2 aromatic rings. The lowest BCUT2D eigenvalue weighted by Gasteiger charge is -2.19. The third kappa shape index (κ3) is 7.14. The minimum Gasteiger partial charge on any atom is -0.475 e. The first-order valence-corrected chi connectivity index (χ1v) is 10.4. The van der Waals surface area contributed by atoms with Crippen molar-refractivity contribution in [1.82, 2.24) is 29.5 Å². The van der Waals surface area contributed by atoms with Crippen LogP contribution in [-0.2, 0) is 31.5 Å². The van der Waals surface area contributed by atoms with Crippen molar-refractivity contribution >= 4 is 11.9 Å². The van der Waals surface area contributed by atoms with E-state index in [0.29, 0.717) is 24.3 Å². The summed E-state index contributed by atoms with van der Waals surface area (Å²) >= 11 is 0. The summed E-state index contributed by atoms with van der Waals surface area (Å²) in [5, 5.41) is 13.9. The van der Waals surface area contributed by atoms with Crippen LogP contribution in [0.15, 0.2) is 23.3 Å². The van der Waals surface area contributed by atoms with Crippen LogP contribution in [0.5, 0.6) is 0 Å². The van der Waals surface area contributed by atoms with Crippen molar-refractivity contribution in [1.29, 1.82) is 0 Å². The molecule has 10 nitrogen and oxygen atoms in total. The fourth-order valence-electron chi connectivity index (χ4n) is 3.42. The second-order valence-electron chi connectivity index (χ2n) is 8.07. The molecule has 1 amide bonds. The Labute approximate surface area is 187 Å². The zero-order chi connectivity index (χ0) is 24.2. The van der Waals surface area contributed by atoms with E-state index in [9.17, 15) is 22.8 Å². The molecule has 180 valence electrons. The quantitative estimate of drug-likeness (QED) is 0.672. The Bertz CT molecular complexity index is 1060.